The molecule has 0 radical (unpaired) electrons. The second kappa shape index (κ2) is 6.94. The number of rotatable bonds is 5. The van der Waals surface area contributed by atoms with Gasteiger partial charge in [0.15, 0.2) is 0 Å². The number of nitrogens with zero attached hydrogens (tertiary/aromatic N) is 1. The van der Waals surface area contributed by atoms with Gasteiger partial charge < -0.3 is 5.32 Å². The van der Waals surface area contributed by atoms with Crippen molar-refractivity contribution in [3.63, 3.8) is 0 Å². The van der Waals surface area contributed by atoms with E-state index < -0.39 is 0 Å². The van der Waals surface area contributed by atoms with Crippen molar-refractivity contribution in [2.45, 2.75) is 45.4 Å². The van der Waals surface area contributed by atoms with E-state index in [-0.39, 0.29) is 11.7 Å². The van der Waals surface area contributed by atoms with E-state index in [1.807, 2.05) is 6.92 Å². The first-order valence-electron chi connectivity index (χ1n) is 8.30. The van der Waals surface area contributed by atoms with Gasteiger partial charge in [-0.2, -0.15) is 5.10 Å². The van der Waals surface area contributed by atoms with E-state index in [4.69, 9.17) is 0 Å². The molecule has 1 aliphatic carbocycles. The molecule has 0 aliphatic heterocycles. The predicted molar refractivity (Wildman–Crippen MR) is 88.6 cm³/mol. The largest absolute Gasteiger partial charge is 0.323 e. The SMILES string of the molecule is CCc1[nH]nc(-c2cccc(F)c2)c1NC(=O)CC1CCCC1. The Morgan fingerprint density at radius 2 is 2.17 bits per heavy atom. The van der Waals surface area contributed by atoms with Crippen LogP contribution in [0.15, 0.2) is 24.3 Å². The third-order valence-corrected chi connectivity index (χ3v) is 4.51. The summed E-state index contributed by atoms with van der Waals surface area (Å²) in [6.07, 6.45) is 5.99. The lowest BCUT2D eigenvalue weighted by Crippen LogP contribution is -2.16. The van der Waals surface area contributed by atoms with Gasteiger partial charge in [-0.1, -0.05) is 31.9 Å². The number of aromatic amines is 1. The Labute approximate surface area is 135 Å². The standard InChI is InChI=1S/C18H22FN3O/c1-2-15-18(20-16(23)10-12-6-3-4-7-12)17(22-21-15)13-8-5-9-14(19)11-13/h5,8-9,11-12H,2-4,6-7,10H2,1H3,(H,20,23)(H,21,22). The van der Waals surface area contributed by atoms with Crippen molar-refractivity contribution in [1.29, 1.82) is 0 Å². The van der Waals surface area contributed by atoms with Crippen molar-refractivity contribution in [3.8, 4) is 11.3 Å². The molecule has 1 heterocycles. The Kier molecular flexibility index (Phi) is 4.74. The Morgan fingerprint density at radius 3 is 2.87 bits per heavy atom. The maximum atomic E-state index is 13.5. The van der Waals surface area contributed by atoms with Gasteiger partial charge in [-0.15, -0.1) is 0 Å². The Balaban J connectivity index is 1.82. The van der Waals surface area contributed by atoms with E-state index in [1.165, 1.54) is 25.0 Å². The molecule has 0 saturated heterocycles. The van der Waals surface area contributed by atoms with Crippen LogP contribution in [0.25, 0.3) is 11.3 Å². The summed E-state index contributed by atoms with van der Waals surface area (Å²) in [6, 6.07) is 6.28. The molecule has 1 saturated carbocycles. The van der Waals surface area contributed by atoms with Crippen LogP contribution in [0, 0.1) is 11.7 Å². The van der Waals surface area contributed by atoms with Crippen LogP contribution >= 0.6 is 0 Å². The highest BCUT2D eigenvalue weighted by Gasteiger charge is 2.21. The summed E-state index contributed by atoms with van der Waals surface area (Å²) in [7, 11) is 0. The van der Waals surface area contributed by atoms with Crippen molar-refractivity contribution in [1.82, 2.24) is 10.2 Å². The topological polar surface area (TPSA) is 57.8 Å². The normalized spacial score (nSPS) is 15.0. The minimum absolute atomic E-state index is 0.0191. The summed E-state index contributed by atoms with van der Waals surface area (Å²) in [4.78, 5) is 12.4. The van der Waals surface area contributed by atoms with Crippen LogP contribution < -0.4 is 5.32 Å². The number of amides is 1. The number of hydrogen-bond donors (Lipinski definition) is 2. The molecular weight excluding hydrogens is 293 g/mol. The van der Waals surface area contributed by atoms with Gasteiger partial charge in [-0.25, -0.2) is 4.39 Å². The predicted octanol–water partition coefficient (Wildman–Crippen LogP) is 4.30. The molecule has 1 amide bonds. The second-order valence-corrected chi connectivity index (χ2v) is 6.19. The van der Waals surface area contributed by atoms with Crippen molar-refractivity contribution >= 4 is 11.6 Å². The van der Waals surface area contributed by atoms with E-state index in [0.717, 1.165) is 25.0 Å². The monoisotopic (exact) mass is 315 g/mol. The molecule has 1 aromatic heterocycles. The molecule has 3 rings (SSSR count). The molecule has 23 heavy (non-hydrogen) atoms. The van der Waals surface area contributed by atoms with Gasteiger partial charge in [0.2, 0.25) is 5.91 Å². The summed E-state index contributed by atoms with van der Waals surface area (Å²) in [5.74, 6) is 0.196. The summed E-state index contributed by atoms with van der Waals surface area (Å²) in [6.45, 7) is 2.00. The number of carbonyl (C=O) groups is 1. The molecule has 1 aliphatic rings. The minimum Gasteiger partial charge on any atom is -0.323 e. The number of halogens is 1. The first kappa shape index (κ1) is 15.7. The number of benzene rings is 1. The van der Waals surface area contributed by atoms with E-state index in [0.29, 0.717) is 29.3 Å². The maximum Gasteiger partial charge on any atom is 0.224 e. The molecule has 122 valence electrons. The molecule has 1 fully saturated rings. The number of hydrogen-bond acceptors (Lipinski definition) is 2. The fourth-order valence-electron chi connectivity index (χ4n) is 3.28. The van der Waals surface area contributed by atoms with Crippen LogP contribution in [-0.4, -0.2) is 16.1 Å². The zero-order valence-corrected chi connectivity index (χ0v) is 13.4. The number of aryl methyl sites for hydroxylation is 1. The van der Waals surface area contributed by atoms with Gasteiger partial charge in [0.05, 0.1) is 11.4 Å². The highest BCUT2D eigenvalue weighted by molar-refractivity contribution is 5.95. The van der Waals surface area contributed by atoms with Gasteiger partial charge in [0.1, 0.15) is 11.5 Å². The molecule has 0 unspecified atom stereocenters. The van der Waals surface area contributed by atoms with E-state index in [1.54, 1.807) is 12.1 Å². The van der Waals surface area contributed by atoms with Crippen molar-refractivity contribution in [2.75, 3.05) is 5.32 Å². The van der Waals surface area contributed by atoms with E-state index in [2.05, 4.69) is 15.5 Å². The van der Waals surface area contributed by atoms with Crippen LogP contribution in [0.3, 0.4) is 0 Å². The summed E-state index contributed by atoms with van der Waals surface area (Å²) < 4.78 is 13.5. The Bertz CT molecular complexity index is 689. The van der Waals surface area contributed by atoms with Crippen molar-refractivity contribution in [3.05, 3.63) is 35.8 Å². The van der Waals surface area contributed by atoms with Gasteiger partial charge in [0, 0.05) is 12.0 Å². The van der Waals surface area contributed by atoms with Crippen LogP contribution in [0.5, 0.6) is 0 Å². The van der Waals surface area contributed by atoms with E-state index in [9.17, 15) is 9.18 Å². The number of nitrogens with one attached hydrogen (secondary N) is 2. The highest BCUT2D eigenvalue weighted by atomic mass is 19.1. The van der Waals surface area contributed by atoms with Crippen LogP contribution in [0.1, 0.15) is 44.7 Å². The van der Waals surface area contributed by atoms with Crippen LogP contribution in [-0.2, 0) is 11.2 Å². The highest BCUT2D eigenvalue weighted by Crippen LogP contribution is 2.31. The third kappa shape index (κ3) is 3.60. The molecule has 4 nitrogen and oxygen atoms in total. The van der Waals surface area contributed by atoms with Gasteiger partial charge in [-0.3, -0.25) is 9.89 Å². The molecule has 2 N–H and O–H groups in total. The lowest BCUT2D eigenvalue weighted by molar-refractivity contribution is -0.117. The number of carbonyl (C=O) groups excluding carboxylic acids is 1. The fourth-order valence-corrected chi connectivity index (χ4v) is 3.28. The third-order valence-electron chi connectivity index (χ3n) is 4.51. The quantitative estimate of drug-likeness (QED) is 0.864. The van der Waals surface area contributed by atoms with Crippen LogP contribution in [0.4, 0.5) is 10.1 Å². The molecule has 0 spiro atoms. The lowest BCUT2D eigenvalue weighted by atomic mass is 10.0. The smallest absolute Gasteiger partial charge is 0.224 e. The molecule has 0 bridgehead atoms. The summed E-state index contributed by atoms with van der Waals surface area (Å²) in [5, 5.41) is 10.2. The number of anilines is 1. The van der Waals surface area contributed by atoms with Gasteiger partial charge in [0.25, 0.3) is 0 Å². The van der Waals surface area contributed by atoms with E-state index >= 15 is 0 Å². The maximum absolute atomic E-state index is 13.5. The van der Waals surface area contributed by atoms with Gasteiger partial charge >= 0.3 is 0 Å². The number of aromatic nitrogens is 2. The first-order valence-corrected chi connectivity index (χ1v) is 8.30. The van der Waals surface area contributed by atoms with Crippen LogP contribution in [0.2, 0.25) is 0 Å². The molecule has 0 atom stereocenters. The van der Waals surface area contributed by atoms with Crippen molar-refractivity contribution in [2.24, 2.45) is 5.92 Å². The summed E-state index contributed by atoms with van der Waals surface area (Å²) >= 11 is 0. The fraction of sp³-hybridized carbons (Fsp3) is 0.444. The molecular formula is C18H22FN3O. The first-order chi connectivity index (χ1) is 11.2. The average Bonchev–Trinajstić information content (AvgIpc) is 3.16. The molecule has 5 heteroatoms. The molecule has 1 aromatic carbocycles. The second-order valence-electron chi connectivity index (χ2n) is 6.19. The molecule has 2 aromatic rings. The zero-order valence-electron chi connectivity index (χ0n) is 13.4. The van der Waals surface area contributed by atoms with Crippen molar-refractivity contribution < 1.29 is 9.18 Å². The zero-order chi connectivity index (χ0) is 16.2. The Hall–Kier alpha value is -2.17. The average molecular weight is 315 g/mol. The van der Waals surface area contributed by atoms with Gasteiger partial charge in [-0.05, 0) is 37.3 Å². The minimum atomic E-state index is -0.313. The summed E-state index contributed by atoms with van der Waals surface area (Å²) in [5.41, 5.74) is 2.81. The lowest BCUT2D eigenvalue weighted by Gasteiger charge is -2.11. The number of H-pyrrole nitrogens is 1. The Morgan fingerprint density at radius 1 is 1.39 bits per heavy atom.